The smallest absolute Gasteiger partial charge is 0.0452 e. The van der Waals surface area contributed by atoms with Gasteiger partial charge in [0.2, 0.25) is 0 Å². The predicted molar refractivity (Wildman–Crippen MR) is 78.8 cm³/mol. The monoisotopic (exact) mass is 266 g/mol. The van der Waals surface area contributed by atoms with Crippen molar-refractivity contribution in [2.24, 2.45) is 5.92 Å². The molecule has 18 heavy (non-hydrogen) atoms. The highest BCUT2D eigenvalue weighted by atomic mass is 35.5. The maximum Gasteiger partial charge on any atom is 0.0452 e. The molecule has 1 aliphatic rings. The molecular weight excluding hydrogens is 244 g/mol. The van der Waals surface area contributed by atoms with E-state index in [1.807, 2.05) is 18.2 Å². The Morgan fingerprint density at radius 2 is 2.11 bits per heavy atom. The second-order valence-corrected chi connectivity index (χ2v) is 6.14. The lowest BCUT2D eigenvalue weighted by Crippen LogP contribution is -2.27. The molecule has 0 heterocycles. The topological polar surface area (TPSA) is 29.3 Å². The van der Waals surface area contributed by atoms with Crippen molar-refractivity contribution in [1.29, 1.82) is 0 Å². The minimum atomic E-state index is 0.752. The highest BCUT2D eigenvalue weighted by Crippen LogP contribution is 2.30. The van der Waals surface area contributed by atoms with E-state index in [1.165, 1.54) is 19.3 Å². The fraction of sp³-hybridized carbons (Fsp3) is 0.600. The number of nitrogens with two attached hydrogens (primary N) is 1. The van der Waals surface area contributed by atoms with Gasteiger partial charge in [0.15, 0.2) is 0 Å². The van der Waals surface area contributed by atoms with Crippen molar-refractivity contribution in [2.45, 2.75) is 45.7 Å². The molecule has 0 atom stereocenters. The summed E-state index contributed by atoms with van der Waals surface area (Å²) in [5.74, 6) is 0.752. The molecule has 0 aromatic heterocycles. The first kappa shape index (κ1) is 13.7. The van der Waals surface area contributed by atoms with Crippen LogP contribution in [0.3, 0.4) is 0 Å². The standard InChI is InChI=1S/C15H23ClN2/c1-11(2)7-8-18(14-4-5-14)10-12-9-13(17)3-6-15(12)16/h3,6,9,11,14H,4-5,7-8,10,17H2,1-2H3. The summed E-state index contributed by atoms with van der Waals surface area (Å²) in [6.07, 6.45) is 3.91. The summed E-state index contributed by atoms with van der Waals surface area (Å²) in [5, 5.41) is 0.833. The zero-order chi connectivity index (χ0) is 13.1. The molecule has 0 aliphatic heterocycles. The minimum Gasteiger partial charge on any atom is -0.399 e. The Balaban J connectivity index is 2.01. The second-order valence-electron chi connectivity index (χ2n) is 5.74. The molecule has 1 fully saturated rings. The fourth-order valence-electron chi connectivity index (χ4n) is 2.19. The van der Waals surface area contributed by atoms with Crippen LogP contribution in [-0.4, -0.2) is 17.5 Å². The van der Waals surface area contributed by atoms with E-state index >= 15 is 0 Å². The van der Waals surface area contributed by atoms with Gasteiger partial charge in [-0.3, -0.25) is 4.90 Å². The van der Waals surface area contributed by atoms with Crippen LogP contribution in [0.15, 0.2) is 18.2 Å². The number of hydrogen-bond acceptors (Lipinski definition) is 2. The first-order valence-electron chi connectivity index (χ1n) is 6.84. The molecule has 0 radical (unpaired) electrons. The summed E-state index contributed by atoms with van der Waals surface area (Å²) in [7, 11) is 0. The van der Waals surface area contributed by atoms with Gasteiger partial charge in [0.25, 0.3) is 0 Å². The van der Waals surface area contributed by atoms with E-state index in [4.69, 9.17) is 17.3 Å². The first-order valence-corrected chi connectivity index (χ1v) is 7.22. The second kappa shape index (κ2) is 5.94. The number of hydrogen-bond donors (Lipinski definition) is 1. The summed E-state index contributed by atoms with van der Waals surface area (Å²) in [5.41, 5.74) is 7.80. The quantitative estimate of drug-likeness (QED) is 0.791. The Hall–Kier alpha value is -0.730. The molecule has 0 amide bonds. The van der Waals surface area contributed by atoms with Gasteiger partial charge in [0.05, 0.1) is 0 Å². The Bertz CT molecular complexity index is 399. The Labute approximate surface area is 115 Å². The number of nitrogen functional groups attached to an aromatic ring is 1. The van der Waals surface area contributed by atoms with E-state index in [2.05, 4.69) is 18.7 Å². The maximum atomic E-state index is 6.25. The lowest BCUT2D eigenvalue weighted by atomic mass is 10.1. The van der Waals surface area contributed by atoms with Gasteiger partial charge in [-0.1, -0.05) is 25.4 Å². The first-order chi connectivity index (χ1) is 8.56. The zero-order valence-corrected chi connectivity index (χ0v) is 12.1. The van der Waals surface area contributed by atoms with Crippen LogP contribution in [0.25, 0.3) is 0 Å². The van der Waals surface area contributed by atoms with Crippen molar-refractivity contribution in [3.05, 3.63) is 28.8 Å². The molecule has 0 spiro atoms. The van der Waals surface area contributed by atoms with Crippen LogP contribution in [0.5, 0.6) is 0 Å². The summed E-state index contributed by atoms with van der Waals surface area (Å²) in [4.78, 5) is 2.56. The molecule has 1 aromatic carbocycles. The Morgan fingerprint density at radius 3 is 2.72 bits per heavy atom. The zero-order valence-electron chi connectivity index (χ0n) is 11.3. The van der Waals surface area contributed by atoms with Crippen molar-refractivity contribution < 1.29 is 0 Å². The lowest BCUT2D eigenvalue weighted by molar-refractivity contribution is 0.239. The van der Waals surface area contributed by atoms with Gasteiger partial charge in [-0.25, -0.2) is 0 Å². The number of benzene rings is 1. The van der Waals surface area contributed by atoms with Crippen molar-refractivity contribution in [2.75, 3.05) is 12.3 Å². The molecule has 2 nitrogen and oxygen atoms in total. The summed E-state index contributed by atoms with van der Waals surface area (Å²) >= 11 is 6.25. The Morgan fingerprint density at radius 1 is 1.39 bits per heavy atom. The molecule has 2 N–H and O–H groups in total. The van der Waals surface area contributed by atoms with E-state index in [-0.39, 0.29) is 0 Å². The Kier molecular flexibility index (Phi) is 4.52. The molecule has 1 saturated carbocycles. The van der Waals surface area contributed by atoms with E-state index in [1.54, 1.807) is 0 Å². The third-order valence-corrected chi connectivity index (χ3v) is 3.87. The van der Waals surface area contributed by atoms with Gasteiger partial charge < -0.3 is 5.73 Å². The van der Waals surface area contributed by atoms with E-state index < -0.39 is 0 Å². The van der Waals surface area contributed by atoms with Crippen LogP contribution in [0.1, 0.15) is 38.7 Å². The molecule has 2 rings (SSSR count). The number of rotatable bonds is 6. The third-order valence-electron chi connectivity index (χ3n) is 3.50. The van der Waals surface area contributed by atoms with Gasteiger partial charge in [-0.15, -0.1) is 0 Å². The third kappa shape index (κ3) is 3.89. The molecule has 1 aliphatic carbocycles. The predicted octanol–water partition coefficient (Wildman–Crippen LogP) is 3.93. The van der Waals surface area contributed by atoms with E-state index in [9.17, 15) is 0 Å². The average Bonchev–Trinajstić information content (AvgIpc) is 3.12. The SMILES string of the molecule is CC(C)CCN(Cc1cc(N)ccc1Cl)C1CC1. The van der Waals surface area contributed by atoms with Crippen molar-refractivity contribution >= 4 is 17.3 Å². The van der Waals surface area contributed by atoms with Crippen LogP contribution >= 0.6 is 11.6 Å². The van der Waals surface area contributed by atoms with Crippen molar-refractivity contribution in [3.63, 3.8) is 0 Å². The van der Waals surface area contributed by atoms with Crippen LogP contribution < -0.4 is 5.73 Å². The van der Waals surface area contributed by atoms with E-state index in [0.717, 1.165) is 41.3 Å². The number of halogens is 1. The van der Waals surface area contributed by atoms with Crippen molar-refractivity contribution in [3.8, 4) is 0 Å². The molecule has 3 heteroatoms. The molecule has 0 saturated heterocycles. The van der Waals surface area contributed by atoms with Gasteiger partial charge in [0.1, 0.15) is 0 Å². The van der Waals surface area contributed by atoms with Crippen LogP contribution in [0, 0.1) is 5.92 Å². The summed E-state index contributed by atoms with van der Waals surface area (Å²) < 4.78 is 0. The van der Waals surface area contributed by atoms with Crippen LogP contribution in [0.2, 0.25) is 5.02 Å². The van der Waals surface area contributed by atoms with Crippen LogP contribution in [0.4, 0.5) is 5.69 Å². The summed E-state index contributed by atoms with van der Waals surface area (Å²) in [6, 6.07) is 6.54. The number of nitrogens with zero attached hydrogens (tertiary/aromatic N) is 1. The molecule has 0 unspecified atom stereocenters. The van der Waals surface area contributed by atoms with Crippen molar-refractivity contribution in [1.82, 2.24) is 4.90 Å². The van der Waals surface area contributed by atoms with Crippen LogP contribution in [-0.2, 0) is 6.54 Å². The van der Waals surface area contributed by atoms with Gasteiger partial charge in [-0.2, -0.15) is 0 Å². The average molecular weight is 267 g/mol. The van der Waals surface area contributed by atoms with Gasteiger partial charge in [-0.05, 0) is 55.5 Å². The normalized spacial score (nSPS) is 15.6. The number of anilines is 1. The lowest BCUT2D eigenvalue weighted by Gasteiger charge is -2.23. The fourth-order valence-corrected chi connectivity index (χ4v) is 2.37. The largest absolute Gasteiger partial charge is 0.399 e. The molecule has 0 bridgehead atoms. The van der Waals surface area contributed by atoms with E-state index in [0.29, 0.717) is 0 Å². The van der Waals surface area contributed by atoms with Gasteiger partial charge >= 0.3 is 0 Å². The maximum absolute atomic E-state index is 6.25. The summed E-state index contributed by atoms with van der Waals surface area (Å²) in [6.45, 7) is 6.64. The highest BCUT2D eigenvalue weighted by Gasteiger charge is 2.29. The minimum absolute atomic E-state index is 0.752. The molecular formula is C15H23ClN2. The molecule has 100 valence electrons. The highest BCUT2D eigenvalue weighted by molar-refractivity contribution is 6.31. The van der Waals surface area contributed by atoms with Gasteiger partial charge in [0, 0.05) is 23.3 Å². The molecule has 1 aromatic rings.